The molecular formula is C22H30N4OS2. The van der Waals surface area contributed by atoms with Crippen molar-refractivity contribution >= 4 is 29.0 Å². The third kappa shape index (κ3) is 4.55. The average molecular weight is 431 g/mol. The van der Waals surface area contributed by atoms with E-state index in [-0.39, 0.29) is 0 Å². The fourth-order valence-corrected chi connectivity index (χ4v) is 6.17. The number of thioether (sulfide) groups is 1. The van der Waals surface area contributed by atoms with Crippen LogP contribution >= 0.6 is 23.1 Å². The first-order valence-electron chi connectivity index (χ1n) is 11.1. The van der Waals surface area contributed by atoms with Crippen LogP contribution in [-0.4, -0.2) is 43.4 Å². The van der Waals surface area contributed by atoms with Crippen molar-refractivity contribution in [1.82, 2.24) is 19.7 Å². The van der Waals surface area contributed by atoms with Crippen LogP contribution in [0.5, 0.6) is 0 Å². The topological polar surface area (TPSA) is 51.0 Å². The highest BCUT2D eigenvalue weighted by atomic mass is 32.2. The van der Waals surface area contributed by atoms with E-state index in [0.29, 0.717) is 29.8 Å². The van der Waals surface area contributed by atoms with Crippen LogP contribution < -0.4 is 0 Å². The summed E-state index contributed by atoms with van der Waals surface area (Å²) < 4.78 is 2.31. The molecule has 0 bridgehead atoms. The van der Waals surface area contributed by atoms with Gasteiger partial charge in [-0.25, -0.2) is 0 Å². The molecule has 29 heavy (non-hydrogen) atoms. The number of rotatable bonds is 8. The number of hydrogen-bond donors (Lipinski definition) is 0. The third-order valence-electron chi connectivity index (χ3n) is 6.49. The maximum atomic E-state index is 13.2. The van der Waals surface area contributed by atoms with E-state index in [0.717, 1.165) is 23.3 Å². The molecule has 1 amide bonds. The highest BCUT2D eigenvalue weighted by Crippen LogP contribution is 2.40. The molecule has 5 nitrogen and oxygen atoms in total. The van der Waals surface area contributed by atoms with Crippen LogP contribution in [0.2, 0.25) is 0 Å². The smallest absolute Gasteiger partial charge is 0.233 e. The molecule has 2 heterocycles. The molecule has 3 fully saturated rings. The second-order valence-corrected chi connectivity index (χ2v) is 11.0. The number of nitrogens with zero attached hydrogens (tertiary/aromatic N) is 4. The zero-order chi connectivity index (χ0) is 19.8. The zero-order valence-electron chi connectivity index (χ0n) is 17.1. The summed E-state index contributed by atoms with van der Waals surface area (Å²) in [6, 6.07) is 5.73. The van der Waals surface area contributed by atoms with Gasteiger partial charge in [-0.2, -0.15) is 0 Å². The molecule has 0 radical (unpaired) electrons. The fourth-order valence-electron chi connectivity index (χ4n) is 4.57. The zero-order valence-corrected chi connectivity index (χ0v) is 18.8. The molecule has 0 unspecified atom stereocenters. The summed E-state index contributed by atoms with van der Waals surface area (Å²) in [4.78, 5) is 16.8. The van der Waals surface area contributed by atoms with Gasteiger partial charge in [0.1, 0.15) is 5.82 Å². The maximum Gasteiger partial charge on any atom is 0.233 e. The van der Waals surface area contributed by atoms with Gasteiger partial charge in [-0.3, -0.25) is 4.79 Å². The highest BCUT2D eigenvalue weighted by molar-refractivity contribution is 7.99. The normalized spacial score (nSPS) is 24.6. The monoisotopic (exact) mass is 430 g/mol. The maximum absolute atomic E-state index is 13.2. The van der Waals surface area contributed by atoms with Crippen molar-refractivity contribution in [2.75, 3.05) is 5.75 Å². The number of aromatic nitrogens is 3. The summed E-state index contributed by atoms with van der Waals surface area (Å²) in [5.41, 5.74) is 0. The number of thiophene rings is 1. The molecule has 0 N–H and O–H groups in total. The number of amides is 1. The fraction of sp³-hybridized carbons (Fsp3) is 0.682. The van der Waals surface area contributed by atoms with Crippen LogP contribution in [0.4, 0.5) is 0 Å². The van der Waals surface area contributed by atoms with Crippen molar-refractivity contribution in [2.45, 2.75) is 88.0 Å². The van der Waals surface area contributed by atoms with Gasteiger partial charge in [0.2, 0.25) is 5.91 Å². The van der Waals surface area contributed by atoms with Crippen LogP contribution in [-0.2, 0) is 11.2 Å². The Balaban J connectivity index is 1.25. The van der Waals surface area contributed by atoms with Crippen LogP contribution in [0.15, 0.2) is 22.7 Å². The Labute approximate surface area is 181 Å². The van der Waals surface area contributed by atoms with E-state index >= 15 is 0 Å². The summed E-state index contributed by atoms with van der Waals surface area (Å²) in [6.45, 7) is 2.34. The van der Waals surface area contributed by atoms with Crippen molar-refractivity contribution < 1.29 is 4.79 Å². The molecule has 7 heteroatoms. The van der Waals surface area contributed by atoms with E-state index < -0.39 is 0 Å². The van der Waals surface area contributed by atoms with E-state index in [4.69, 9.17) is 0 Å². The van der Waals surface area contributed by atoms with Gasteiger partial charge in [0.15, 0.2) is 5.16 Å². The Morgan fingerprint density at radius 3 is 2.48 bits per heavy atom. The molecule has 3 aliphatic carbocycles. The van der Waals surface area contributed by atoms with Crippen molar-refractivity contribution in [2.24, 2.45) is 5.92 Å². The minimum absolute atomic E-state index is 0.308. The van der Waals surface area contributed by atoms with Gasteiger partial charge >= 0.3 is 0 Å². The first-order valence-corrected chi connectivity index (χ1v) is 13.0. The van der Waals surface area contributed by atoms with Crippen LogP contribution in [0.1, 0.15) is 75.0 Å². The Kier molecular flexibility index (Phi) is 5.69. The number of hydrogen-bond acceptors (Lipinski definition) is 5. The Morgan fingerprint density at radius 1 is 1.14 bits per heavy atom. The van der Waals surface area contributed by atoms with E-state index in [2.05, 4.69) is 44.1 Å². The molecule has 2 aromatic heterocycles. The SMILES string of the molecule is CC1CCC(N(C(=O)CSc2nnc(Cc3cccs3)n2C2CC2)C2CC2)CC1. The van der Waals surface area contributed by atoms with Gasteiger partial charge in [-0.15, -0.1) is 21.5 Å². The lowest BCUT2D eigenvalue weighted by Crippen LogP contribution is -2.44. The number of carbonyl (C=O) groups excluding carboxylic acids is 1. The quantitative estimate of drug-likeness (QED) is 0.557. The van der Waals surface area contributed by atoms with Gasteiger partial charge in [0, 0.05) is 29.4 Å². The van der Waals surface area contributed by atoms with Crippen molar-refractivity contribution in [3.8, 4) is 0 Å². The summed E-state index contributed by atoms with van der Waals surface area (Å²) >= 11 is 3.36. The molecular weight excluding hydrogens is 400 g/mol. The summed E-state index contributed by atoms with van der Waals surface area (Å²) in [5.74, 6) is 2.66. The van der Waals surface area contributed by atoms with E-state index in [1.54, 1.807) is 23.1 Å². The Bertz CT molecular complexity index is 833. The standard InChI is InChI=1S/C22H30N4OS2/c1-15-4-6-16(7-5-15)25(17-8-9-17)21(27)14-29-22-24-23-20(26(22)18-10-11-18)13-19-3-2-12-28-19/h2-3,12,15-18H,4-11,13-14H2,1H3. The molecule has 0 aliphatic heterocycles. The predicted octanol–water partition coefficient (Wildman–Crippen LogP) is 4.93. The van der Waals surface area contributed by atoms with Gasteiger partial charge < -0.3 is 9.47 Å². The van der Waals surface area contributed by atoms with Crippen molar-refractivity contribution in [1.29, 1.82) is 0 Å². The van der Waals surface area contributed by atoms with Crippen molar-refractivity contribution in [3.05, 3.63) is 28.2 Å². The lowest BCUT2D eigenvalue weighted by atomic mass is 9.86. The summed E-state index contributed by atoms with van der Waals surface area (Å²) in [5, 5.41) is 12.0. The highest BCUT2D eigenvalue weighted by Gasteiger charge is 2.38. The molecule has 2 aromatic rings. The lowest BCUT2D eigenvalue weighted by molar-refractivity contribution is -0.132. The first kappa shape index (κ1) is 19.6. The predicted molar refractivity (Wildman–Crippen MR) is 117 cm³/mol. The molecule has 0 aromatic carbocycles. The Morgan fingerprint density at radius 2 is 1.86 bits per heavy atom. The Hall–Kier alpha value is -1.34. The minimum atomic E-state index is 0.308. The summed E-state index contributed by atoms with van der Waals surface area (Å²) in [6.07, 6.45) is 10.5. The summed E-state index contributed by atoms with van der Waals surface area (Å²) in [7, 11) is 0. The molecule has 0 saturated heterocycles. The minimum Gasteiger partial charge on any atom is -0.336 e. The van der Waals surface area contributed by atoms with Crippen LogP contribution in [0.25, 0.3) is 0 Å². The molecule has 156 valence electrons. The van der Waals surface area contributed by atoms with E-state index in [1.807, 2.05) is 0 Å². The first-order chi connectivity index (χ1) is 14.2. The average Bonchev–Trinajstić information content (AvgIpc) is 3.65. The van der Waals surface area contributed by atoms with Crippen LogP contribution in [0, 0.1) is 5.92 Å². The van der Waals surface area contributed by atoms with Crippen molar-refractivity contribution in [3.63, 3.8) is 0 Å². The molecule has 0 atom stereocenters. The molecule has 3 aliphatic rings. The largest absolute Gasteiger partial charge is 0.336 e. The second kappa shape index (κ2) is 8.42. The number of carbonyl (C=O) groups is 1. The second-order valence-electron chi connectivity index (χ2n) is 8.99. The third-order valence-corrected chi connectivity index (χ3v) is 8.30. The lowest BCUT2D eigenvalue weighted by Gasteiger charge is -2.36. The van der Waals surface area contributed by atoms with Gasteiger partial charge in [0.25, 0.3) is 0 Å². The van der Waals surface area contributed by atoms with Gasteiger partial charge in [-0.05, 0) is 68.7 Å². The molecule has 5 rings (SSSR count). The van der Waals surface area contributed by atoms with E-state index in [9.17, 15) is 4.79 Å². The molecule has 0 spiro atoms. The van der Waals surface area contributed by atoms with Gasteiger partial charge in [-0.1, -0.05) is 24.8 Å². The van der Waals surface area contributed by atoms with Gasteiger partial charge in [0.05, 0.1) is 5.75 Å². The van der Waals surface area contributed by atoms with Crippen LogP contribution in [0.3, 0.4) is 0 Å². The molecule has 3 saturated carbocycles. The van der Waals surface area contributed by atoms with E-state index in [1.165, 1.54) is 56.2 Å².